The topological polar surface area (TPSA) is 53.2 Å². The fourth-order valence-corrected chi connectivity index (χ4v) is 3.74. The number of fused-ring (bicyclic) bond motifs is 1. The van der Waals surface area contributed by atoms with Crippen LogP contribution in [-0.2, 0) is 6.42 Å². The Morgan fingerprint density at radius 1 is 1.08 bits per heavy atom. The molecule has 2 heterocycles. The number of piperidine rings is 1. The van der Waals surface area contributed by atoms with Gasteiger partial charge in [-0.2, -0.15) is 0 Å². The van der Waals surface area contributed by atoms with Crippen LogP contribution in [0, 0.1) is 5.92 Å². The SMILES string of the molecule is O=C(NCC1CCCNC1)c1ccc(-c2ccc3c(c2)CCN3)cc1. The number of rotatable bonds is 4. The quantitative estimate of drug-likeness (QED) is 0.805. The molecule has 0 spiro atoms. The first-order valence-electron chi connectivity index (χ1n) is 9.26. The monoisotopic (exact) mass is 335 g/mol. The highest BCUT2D eigenvalue weighted by atomic mass is 16.1. The number of amides is 1. The van der Waals surface area contributed by atoms with Gasteiger partial charge in [0.25, 0.3) is 5.91 Å². The van der Waals surface area contributed by atoms with Crippen molar-refractivity contribution in [1.82, 2.24) is 10.6 Å². The van der Waals surface area contributed by atoms with Crippen LogP contribution in [0.1, 0.15) is 28.8 Å². The molecule has 1 unspecified atom stereocenters. The van der Waals surface area contributed by atoms with Gasteiger partial charge in [0.1, 0.15) is 0 Å². The number of carbonyl (C=O) groups excluding carboxylic acids is 1. The molecular formula is C21H25N3O. The zero-order valence-corrected chi connectivity index (χ0v) is 14.5. The Balaban J connectivity index is 1.40. The standard InChI is InChI=1S/C21H25N3O/c25-21(24-14-15-2-1-10-22-13-15)17-5-3-16(4-6-17)18-7-8-20-19(12-18)9-11-23-20/h3-8,12,15,22-23H,1-2,9-11,13-14H2,(H,24,25). The molecule has 2 aromatic rings. The summed E-state index contributed by atoms with van der Waals surface area (Å²) in [6.45, 7) is 3.89. The molecule has 1 atom stereocenters. The Bertz CT molecular complexity index is 748. The Kier molecular flexibility index (Phi) is 4.70. The van der Waals surface area contributed by atoms with Gasteiger partial charge in [0.15, 0.2) is 0 Å². The molecule has 4 heteroatoms. The van der Waals surface area contributed by atoms with Gasteiger partial charge in [0.2, 0.25) is 0 Å². The predicted molar refractivity (Wildman–Crippen MR) is 102 cm³/mol. The van der Waals surface area contributed by atoms with E-state index in [1.165, 1.54) is 29.7 Å². The molecule has 0 aliphatic carbocycles. The first kappa shape index (κ1) is 16.2. The van der Waals surface area contributed by atoms with Crippen LogP contribution in [-0.4, -0.2) is 32.1 Å². The van der Waals surface area contributed by atoms with E-state index in [0.29, 0.717) is 5.92 Å². The van der Waals surface area contributed by atoms with Crippen molar-refractivity contribution in [2.45, 2.75) is 19.3 Å². The molecule has 0 aromatic heterocycles. The van der Waals surface area contributed by atoms with E-state index >= 15 is 0 Å². The molecule has 4 rings (SSSR count). The lowest BCUT2D eigenvalue weighted by molar-refractivity contribution is 0.0945. The van der Waals surface area contributed by atoms with Gasteiger partial charge in [-0.05, 0) is 79.2 Å². The van der Waals surface area contributed by atoms with Gasteiger partial charge in [-0.15, -0.1) is 0 Å². The van der Waals surface area contributed by atoms with Crippen molar-refractivity contribution in [3.8, 4) is 11.1 Å². The van der Waals surface area contributed by atoms with E-state index in [9.17, 15) is 4.79 Å². The van der Waals surface area contributed by atoms with Crippen molar-refractivity contribution >= 4 is 11.6 Å². The molecule has 1 saturated heterocycles. The van der Waals surface area contributed by atoms with E-state index in [2.05, 4.69) is 34.1 Å². The van der Waals surface area contributed by atoms with Crippen LogP contribution in [0.5, 0.6) is 0 Å². The lowest BCUT2D eigenvalue weighted by Crippen LogP contribution is -2.38. The van der Waals surface area contributed by atoms with E-state index in [4.69, 9.17) is 0 Å². The molecule has 25 heavy (non-hydrogen) atoms. The highest BCUT2D eigenvalue weighted by Crippen LogP contribution is 2.28. The molecule has 130 valence electrons. The van der Waals surface area contributed by atoms with Crippen LogP contribution in [0.2, 0.25) is 0 Å². The molecule has 2 aliphatic rings. The zero-order chi connectivity index (χ0) is 17.1. The van der Waals surface area contributed by atoms with Crippen LogP contribution in [0.15, 0.2) is 42.5 Å². The maximum atomic E-state index is 12.3. The van der Waals surface area contributed by atoms with Crippen molar-refractivity contribution in [1.29, 1.82) is 0 Å². The minimum atomic E-state index is 0.0234. The molecular weight excluding hydrogens is 310 g/mol. The number of carbonyl (C=O) groups is 1. The van der Waals surface area contributed by atoms with Gasteiger partial charge in [0.05, 0.1) is 0 Å². The largest absolute Gasteiger partial charge is 0.384 e. The predicted octanol–water partition coefficient (Wildman–Crippen LogP) is 3.05. The zero-order valence-electron chi connectivity index (χ0n) is 14.5. The number of hydrogen-bond donors (Lipinski definition) is 3. The second kappa shape index (κ2) is 7.28. The van der Waals surface area contributed by atoms with Crippen molar-refractivity contribution in [2.75, 3.05) is 31.5 Å². The normalized spacial score (nSPS) is 19.1. The molecule has 2 aromatic carbocycles. The third-order valence-electron chi connectivity index (χ3n) is 5.25. The lowest BCUT2D eigenvalue weighted by Gasteiger charge is -2.22. The van der Waals surface area contributed by atoms with Gasteiger partial charge >= 0.3 is 0 Å². The van der Waals surface area contributed by atoms with Crippen LogP contribution in [0.4, 0.5) is 5.69 Å². The molecule has 1 fully saturated rings. The van der Waals surface area contributed by atoms with E-state index in [1.807, 2.05) is 24.3 Å². The summed E-state index contributed by atoms with van der Waals surface area (Å²) in [6.07, 6.45) is 3.48. The van der Waals surface area contributed by atoms with Gasteiger partial charge in [-0.1, -0.05) is 18.2 Å². The molecule has 4 nitrogen and oxygen atoms in total. The van der Waals surface area contributed by atoms with Gasteiger partial charge in [-0.25, -0.2) is 0 Å². The fourth-order valence-electron chi connectivity index (χ4n) is 3.74. The summed E-state index contributed by atoms with van der Waals surface area (Å²) in [5.74, 6) is 0.576. The molecule has 0 saturated carbocycles. The minimum absolute atomic E-state index is 0.0234. The Labute approximate surface area is 149 Å². The van der Waals surface area contributed by atoms with Crippen molar-refractivity contribution in [2.24, 2.45) is 5.92 Å². The van der Waals surface area contributed by atoms with Crippen LogP contribution >= 0.6 is 0 Å². The molecule has 0 radical (unpaired) electrons. The second-order valence-electron chi connectivity index (χ2n) is 7.05. The third kappa shape index (κ3) is 3.69. The average Bonchev–Trinajstić information content (AvgIpc) is 3.15. The number of nitrogens with one attached hydrogen (secondary N) is 3. The highest BCUT2D eigenvalue weighted by Gasteiger charge is 2.15. The van der Waals surface area contributed by atoms with Crippen molar-refractivity contribution in [3.63, 3.8) is 0 Å². The minimum Gasteiger partial charge on any atom is -0.384 e. The Morgan fingerprint density at radius 3 is 2.72 bits per heavy atom. The Hall–Kier alpha value is -2.33. The lowest BCUT2D eigenvalue weighted by atomic mass is 9.99. The fraction of sp³-hybridized carbons (Fsp3) is 0.381. The van der Waals surface area contributed by atoms with Gasteiger partial charge in [0, 0.05) is 24.3 Å². The summed E-state index contributed by atoms with van der Waals surface area (Å²) in [5, 5.41) is 9.85. The number of hydrogen-bond acceptors (Lipinski definition) is 3. The van der Waals surface area contributed by atoms with E-state index in [0.717, 1.165) is 43.7 Å². The molecule has 3 N–H and O–H groups in total. The van der Waals surface area contributed by atoms with E-state index < -0.39 is 0 Å². The average molecular weight is 335 g/mol. The number of anilines is 1. The van der Waals surface area contributed by atoms with Crippen LogP contribution < -0.4 is 16.0 Å². The third-order valence-corrected chi connectivity index (χ3v) is 5.25. The summed E-state index contributed by atoms with van der Waals surface area (Å²) in [6, 6.07) is 14.5. The number of benzene rings is 2. The molecule has 2 aliphatic heterocycles. The van der Waals surface area contributed by atoms with Gasteiger partial charge < -0.3 is 16.0 Å². The summed E-state index contributed by atoms with van der Waals surface area (Å²) < 4.78 is 0. The highest BCUT2D eigenvalue weighted by molar-refractivity contribution is 5.94. The maximum absolute atomic E-state index is 12.3. The van der Waals surface area contributed by atoms with E-state index in [-0.39, 0.29) is 5.91 Å². The summed E-state index contributed by atoms with van der Waals surface area (Å²) >= 11 is 0. The summed E-state index contributed by atoms with van der Waals surface area (Å²) in [5.41, 5.74) is 5.72. The summed E-state index contributed by atoms with van der Waals surface area (Å²) in [4.78, 5) is 12.3. The van der Waals surface area contributed by atoms with Crippen molar-refractivity contribution < 1.29 is 4.79 Å². The second-order valence-corrected chi connectivity index (χ2v) is 7.05. The molecule has 0 bridgehead atoms. The Morgan fingerprint density at radius 2 is 1.92 bits per heavy atom. The smallest absolute Gasteiger partial charge is 0.251 e. The first-order valence-corrected chi connectivity index (χ1v) is 9.26. The summed E-state index contributed by atoms with van der Waals surface area (Å²) in [7, 11) is 0. The first-order chi connectivity index (χ1) is 12.3. The van der Waals surface area contributed by atoms with Gasteiger partial charge in [-0.3, -0.25) is 4.79 Å². The van der Waals surface area contributed by atoms with Crippen LogP contribution in [0.25, 0.3) is 11.1 Å². The van der Waals surface area contributed by atoms with Crippen molar-refractivity contribution in [3.05, 3.63) is 53.6 Å². The van der Waals surface area contributed by atoms with Crippen LogP contribution in [0.3, 0.4) is 0 Å². The molecule has 1 amide bonds. The van der Waals surface area contributed by atoms with E-state index in [1.54, 1.807) is 0 Å². The maximum Gasteiger partial charge on any atom is 0.251 e.